The van der Waals surface area contributed by atoms with E-state index in [2.05, 4.69) is 35.8 Å². The van der Waals surface area contributed by atoms with Crippen LogP contribution in [0.3, 0.4) is 0 Å². The Morgan fingerprint density at radius 3 is 2.71 bits per heavy atom. The molecule has 2 amide bonds. The zero-order valence-electron chi connectivity index (χ0n) is 23.4. The van der Waals surface area contributed by atoms with Crippen LogP contribution in [0.15, 0.2) is 30.6 Å². The Morgan fingerprint density at radius 2 is 2.00 bits per heavy atom. The van der Waals surface area contributed by atoms with E-state index in [1.54, 1.807) is 14.2 Å². The Hall–Kier alpha value is -3.98. The first-order chi connectivity index (χ1) is 20.1. The molecule has 226 valence electrons. The number of carbonyl (C=O) groups excluding carboxylic acids is 2. The van der Waals surface area contributed by atoms with E-state index in [9.17, 15) is 22.8 Å². The van der Waals surface area contributed by atoms with E-state index in [4.69, 9.17) is 4.74 Å². The molecule has 1 aromatic carbocycles. The van der Waals surface area contributed by atoms with E-state index in [0.29, 0.717) is 42.2 Å². The van der Waals surface area contributed by atoms with Gasteiger partial charge in [0.05, 0.1) is 18.1 Å². The Morgan fingerprint density at radius 1 is 1.17 bits per heavy atom. The zero-order valence-corrected chi connectivity index (χ0v) is 23.4. The van der Waals surface area contributed by atoms with Gasteiger partial charge in [-0.3, -0.25) is 9.69 Å². The molecule has 2 aromatic heterocycles. The van der Waals surface area contributed by atoms with Crippen LogP contribution in [0.1, 0.15) is 31.2 Å². The van der Waals surface area contributed by atoms with Gasteiger partial charge in [-0.25, -0.2) is 14.3 Å². The fourth-order valence-electron chi connectivity index (χ4n) is 5.30. The number of hydrogen-bond donors (Lipinski definition) is 4. The van der Waals surface area contributed by atoms with Crippen molar-refractivity contribution < 1.29 is 27.5 Å². The molecule has 3 heterocycles. The number of piperidine rings is 1. The monoisotopic (exact) mass is 589 g/mol. The van der Waals surface area contributed by atoms with Gasteiger partial charge in [-0.05, 0) is 49.9 Å². The molecule has 0 spiro atoms. The van der Waals surface area contributed by atoms with Gasteiger partial charge in [0.25, 0.3) is 0 Å². The van der Waals surface area contributed by atoms with Crippen LogP contribution in [0.2, 0.25) is 0 Å². The summed E-state index contributed by atoms with van der Waals surface area (Å²) in [5.74, 6) is -0.350. The molecule has 0 bridgehead atoms. The molecular formula is C27H34F3N9O3. The number of nitrogens with zero attached hydrogens (tertiary/aromatic N) is 5. The number of methoxy groups -OCH3 is 1. The second-order valence-corrected chi connectivity index (χ2v) is 10.6. The van der Waals surface area contributed by atoms with E-state index in [-0.39, 0.29) is 24.1 Å². The number of halogens is 3. The van der Waals surface area contributed by atoms with Crippen LogP contribution in [0.25, 0.3) is 11.2 Å². The minimum atomic E-state index is -4.44. The fraction of sp³-hybridized carbons (Fsp3) is 0.519. The van der Waals surface area contributed by atoms with Gasteiger partial charge in [-0.15, -0.1) is 0 Å². The maximum atomic E-state index is 13.0. The Balaban J connectivity index is 1.27. The van der Waals surface area contributed by atoms with Gasteiger partial charge in [0.1, 0.15) is 12.9 Å². The predicted octanol–water partition coefficient (Wildman–Crippen LogP) is 3.24. The van der Waals surface area contributed by atoms with Gasteiger partial charge in [0, 0.05) is 32.9 Å². The highest BCUT2D eigenvalue weighted by atomic mass is 19.4. The van der Waals surface area contributed by atoms with Crippen molar-refractivity contribution in [3.63, 3.8) is 0 Å². The number of rotatable bonds is 9. The first kappa shape index (κ1) is 29.5. The van der Waals surface area contributed by atoms with Crippen LogP contribution in [0.5, 0.6) is 0 Å². The van der Waals surface area contributed by atoms with Crippen molar-refractivity contribution in [2.24, 2.45) is 5.92 Å². The maximum Gasteiger partial charge on any atom is 0.405 e. The summed E-state index contributed by atoms with van der Waals surface area (Å²) in [7, 11) is 3.33. The summed E-state index contributed by atoms with van der Waals surface area (Å²) in [5, 5.41) is 11.2. The third kappa shape index (κ3) is 6.90. The largest absolute Gasteiger partial charge is 0.405 e. The van der Waals surface area contributed by atoms with Crippen molar-refractivity contribution in [3.05, 3.63) is 36.2 Å². The summed E-state index contributed by atoms with van der Waals surface area (Å²) in [6.07, 6.45) is -0.0428. The predicted molar refractivity (Wildman–Crippen MR) is 149 cm³/mol. The van der Waals surface area contributed by atoms with Gasteiger partial charge < -0.3 is 26.0 Å². The number of fused-ring (bicyclic) bond motifs is 1. The second kappa shape index (κ2) is 12.5. The smallest absolute Gasteiger partial charge is 0.379 e. The average Bonchev–Trinajstić information content (AvgIpc) is 3.38. The van der Waals surface area contributed by atoms with Crippen LogP contribution in [0, 0.1) is 5.92 Å². The summed E-state index contributed by atoms with van der Waals surface area (Å²) in [6, 6.07) is 7.15. The molecule has 2 fully saturated rings. The summed E-state index contributed by atoms with van der Waals surface area (Å²) in [4.78, 5) is 40.8. The van der Waals surface area contributed by atoms with E-state index >= 15 is 0 Å². The molecule has 15 heteroatoms. The first-order valence-corrected chi connectivity index (χ1v) is 13.8. The highest BCUT2D eigenvalue weighted by molar-refractivity contribution is 5.92. The molecule has 12 nitrogen and oxygen atoms in total. The lowest BCUT2D eigenvalue weighted by atomic mass is 9.89. The number of carbonyl (C=O) groups is 2. The van der Waals surface area contributed by atoms with Crippen LogP contribution >= 0.6 is 0 Å². The number of amides is 2. The molecule has 42 heavy (non-hydrogen) atoms. The first-order valence-electron chi connectivity index (χ1n) is 13.8. The van der Waals surface area contributed by atoms with E-state index in [0.717, 1.165) is 31.4 Å². The third-order valence-corrected chi connectivity index (χ3v) is 7.60. The van der Waals surface area contributed by atoms with Crippen molar-refractivity contribution in [1.29, 1.82) is 0 Å². The number of ether oxygens (including phenoxy) is 1. The highest BCUT2D eigenvalue weighted by Crippen LogP contribution is 2.26. The number of nitrogens with one attached hydrogen (secondary N) is 4. The van der Waals surface area contributed by atoms with Crippen LogP contribution < -0.4 is 21.3 Å². The number of aromatic nitrogens is 4. The van der Waals surface area contributed by atoms with Gasteiger partial charge >= 0.3 is 12.2 Å². The summed E-state index contributed by atoms with van der Waals surface area (Å²) in [5.41, 5.74) is 2.44. The molecule has 3 atom stereocenters. The minimum Gasteiger partial charge on any atom is -0.379 e. The summed E-state index contributed by atoms with van der Waals surface area (Å²) >= 11 is 0. The fourth-order valence-corrected chi connectivity index (χ4v) is 5.30. The average molecular weight is 590 g/mol. The number of alkyl halides is 3. The lowest BCUT2D eigenvalue weighted by Crippen LogP contribution is -2.52. The molecule has 1 aliphatic heterocycles. The molecule has 3 aromatic rings. The second-order valence-electron chi connectivity index (χ2n) is 10.6. The zero-order chi connectivity index (χ0) is 29.9. The lowest BCUT2D eigenvalue weighted by molar-refractivity contribution is -0.141. The van der Waals surface area contributed by atoms with E-state index < -0.39 is 24.5 Å². The molecule has 1 unspecified atom stereocenters. The lowest BCUT2D eigenvalue weighted by Gasteiger charge is -2.35. The van der Waals surface area contributed by atoms with Crippen molar-refractivity contribution in [2.45, 2.75) is 50.6 Å². The number of benzene rings is 1. The van der Waals surface area contributed by atoms with Crippen LogP contribution in [0.4, 0.5) is 35.4 Å². The topological polar surface area (TPSA) is 138 Å². The third-order valence-electron chi connectivity index (χ3n) is 7.60. The molecule has 0 radical (unpaired) electrons. The molecule has 4 N–H and O–H groups in total. The minimum absolute atomic E-state index is 0.0157. The molecule has 1 saturated carbocycles. The molecule has 5 rings (SSSR count). The van der Waals surface area contributed by atoms with E-state index in [1.807, 2.05) is 29.6 Å². The van der Waals surface area contributed by atoms with Gasteiger partial charge in [-0.1, -0.05) is 12.1 Å². The summed E-state index contributed by atoms with van der Waals surface area (Å²) in [6.45, 7) is 0.324. The Bertz CT molecular complexity index is 1430. The van der Waals surface area contributed by atoms with Crippen LogP contribution in [-0.4, -0.2) is 88.5 Å². The Labute approximate surface area is 240 Å². The number of likely N-dealkylation sites (tertiary alicyclic amines) is 1. The van der Waals surface area contributed by atoms with Crippen molar-refractivity contribution in [2.75, 3.05) is 44.4 Å². The van der Waals surface area contributed by atoms with Crippen molar-refractivity contribution in [3.8, 4) is 0 Å². The van der Waals surface area contributed by atoms with Crippen LogP contribution in [-0.2, 0) is 16.1 Å². The standard InChI is InChI=1S/C27H34F3N9O3/c1-31-22-21-23(39(15-33-21)26(41)35-19-8-9-20(19)42-2)37-25(36-22)34-18-7-3-5-16(11-18)12-38-10-4-6-17(13-38)24(40)32-14-27(28,29)30/h3,5,7,11,15,17,19-20H,4,6,8-10,12-14H2,1-2H3,(H,32,40)(H,35,41)(H2,31,34,36,37)/t17?,19-,20-/m1/s1. The number of anilines is 3. The SMILES string of the molecule is CNc1nc(Nc2cccc(CN3CCCC(C(=O)NCC(F)(F)F)C3)c2)nc2c1ncn2C(=O)N[C@@H]1CC[C@H]1OC. The van der Waals surface area contributed by atoms with E-state index in [1.165, 1.54) is 10.9 Å². The quantitative estimate of drug-likeness (QED) is 0.296. The number of hydrogen-bond acceptors (Lipinski definition) is 9. The maximum absolute atomic E-state index is 13.0. The highest BCUT2D eigenvalue weighted by Gasteiger charge is 2.33. The molecule has 1 aliphatic carbocycles. The van der Waals surface area contributed by atoms with Gasteiger partial charge in [0.2, 0.25) is 11.9 Å². The normalized spacial score (nSPS) is 21.0. The Kier molecular flexibility index (Phi) is 8.77. The van der Waals surface area contributed by atoms with Crippen molar-refractivity contribution >= 4 is 40.6 Å². The molecule has 2 aliphatic rings. The van der Waals surface area contributed by atoms with Gasteiger partial charge in [-0.2, -0.15) is 23.1 Å². The summed E-state index contributed by atoms with van der Waals surface area (Å²) < 4.78 is 44.3. The molecular weight excluding hydrogens is 555 g/mol. The van der Waals surface area contributed by atoms with Gasteiger partial charge in [0.15, 0.2) is 17.0 Å². The van der Waals surface area contributed by atoms with Crippen molar-refractivity contribution in [1.82, 2.24) is 35.1 Å². The number of imidazole rings is 1. The molecule has 1 saturated heterocycles.